The van der Waals surface area contributed by atoms with Crippen molar-refractivity contribution in [3.05, 3.63) is 23.8 Å². The number of nitrogens with two attached hydrogens (primary N) is 1. The van der Waals surface area contributed by atoms with E-state index in [2.05, 4.69) is 13.8 Å². The molecule has 0 spiro atoms. The molecule has 1 aromatic carbocycles. The third-order valence-electron chi connectivity index (χ3n) is 3.62. The monoisotopic (exact) mass is 265 g/mol. The zero-order valence-corrected chi connectivity index (χ0v) is 12.6. The van der Waals surface area contributed by atoms with Crippen molar-refractivity contribution in [2.45, 2.75) is 45.6 Å². The Balaban J connectivity index is 2.93. The lowest BCUT2D eigenvalue weighted by Gasteiger charge is -2.24. The lowest BCUT2D eigenvalue weighted by atomic mass is 9.86. The van der Waals surface area contributed by atoms with E-state index in [1.807, 2.05) is 18.2 Å². The Morgan fingerprint density at radius 2 is 1.58 bits per heavy atom. The molecular formula is C16H27NO2. The van der Waals surface area contributed by atoms with Crippen molar-refractivity contribution in [2.24, 2.45) is 11.7 Å². The van der Waals surface area contributed by atoms with Gasteiger partial charge in [0.2, 0.25) is 0 Å². The number of hydrogen-bond donors (Lipinski definition) is 1. The van der Waals surface area contributed by atoms with Crippen LogP contribution in [0, 0.1) is 5.92 Å². The minimum Gasteiger partial charge on any atom is -0.493 e. The van der Waals surface area contributed by atoms with Gasteiger partial charge in [0.25, 0.3) is 0 Å². The standard InChI is InChI=1S/C16H27NO2/c1-5-7-12(8-6-2)16(17)13-9-10-14(18-3)15(11-13)19-4/h9-12,16H,5-8,17H2,1-4H3. The van der Waals surface area contributed by atoms with Gasteiger partial charge in [-0.05, 0) is 36.5 Å². The van der Waals surface area contributed by atoms with Gasteiger partial charge in [-0.1, -0.05) is 32.8 Å². The third-order valence-corrected chi connectivity index (χ3v) is 3.62. The molecule has 0 bridgehead atoms. The summed E-state index contributed by atoms with van der Waals surface area (Å²) in [6, 6.07) is 6.05. The molecule has 0 aliphatic heterocycles. The molecule has 3 nitrogen and oxygen atoms in total. The fourth-order valence-electron chi connectivity index (χ4n) is 2.58. The Kier molecular flexibility index (Phi) is 6.71. The summed E-state index contributed by atoms with van der Waals surface area (Å²) in [6.45, 7) is 4.42. The van der Waals surface area contributed by atoms with E-state index < -0.39 is 0 Å². The molecule has 1 atom stereocenters. The van der Waals surface area contributed by atoms with Gasteiger partial charge in [-0.25, -0.2) is 0 Å². The van der Waals surface area contributed by atoms with Gasteiger partial charge < -0.3 is 15.2 Å². The first-order valence-corrected chi connectivity index (χ1v) is 7.15. The van der Waals surface area contributed by atoms with E-state index >= 15 is 0 Å². The van der Waals surface area contributed by atoms with Crippen LogP contribution in [-0.4, -0.2) is 14.2 Å². The van der Waals surface area contributed by atoms with Crippen LogP contribution in [0.1, 0.15) is 51.1 Å². The van der Waals surface area contributed by atoms with Crippen LogP contribution in [0.15, 0.2) is 18.2 Å². The van der Waals surface area contributed by atoms with E-state index in [1.165, 1.54) is 25.7 Å². The molecule has 0 amide bonds. The highest BCUT2D eigenvalue weighted by Gasteiger charge is 2.19. The Morgan fingerprint density at radius 3 is 2.05 bits per heavy atom. The van der Waals surface area contributed by atoms with Crippen LogP contribution in [0.25, 0.3) is 0 Å². The van der Waals surface area contributed by atoms with Crippen LogP contribution in [0.5, 0.6) is 11.5 Å². The van der Waals surface area contributed by atoms with Crippen molar-refractivity contribution < 1.29 is 9.47 Å². The van der Waals surface area contributed by atoms with Gasteiger partial charge in [0.05, 0.1) is 14.2 Å². The summed E-state index contributed by atoms with van der Waals surface area (Å²) in [4.78, 5) is 0. The first-order valence-electron chi connectivity index (χ1n) is 7.15. The highest BCUT2D eigenvalue weighted by molar-refractivity contribution is 5.43. The first kappa shape index (κ1) is 15.8. The number of ether oxygens (including phenoxy) is 2. The summed E-state index contributed by atoms with van der Waals surface area (Å²) in [5, 5.41) is 0. The van der Waals surface area contributed by atoms with Crippen LogP contribution in [-0.2, 0) is 0 Å². The van der Waals surface area contributed by atoms with Gasteiger partial charge in [-0.2, -0.15) is 0 Å². The molecule has 0 saturated heterocycles. The fraction of sp³-hybridized carbons (Fsp3) is 0.625. The van der Waals surface area contributed by atoms with Crippen molar-refractivity contribution in [3.8, 4) is 11.5 Å². The molecule has 0 aliphatic rings. The van der Waals surface area contributed by atoms with Crippen LogP contribution in [0.4, 0.5) is 0 Å². The average Bonchev–Trinajstić information content (AvgIpc) is 2.45. The largest absolute Gasteiger partial charge is 0.493 e. The molecule has 0 fully saturated rings. The smallest absolute Gasteiger partial charge is 0.161 e. The average molecular weight is 265 g/mol. The number of methoxy groups -OCH3 is 2. The molecule has 1 rings (SSSR count). The van der Waals surface area contributed by atoms with Crippen LogP contribution in [0.3, 0.4) is 0 Å². The molecular weight excluding hydrogens is 238 g/mol. The van der Waals surface area contributed by atoms with Crippen LogP contribution in [0.2, 0.25) is 0 Å². The number of benzene rings is 1. The summed E-state index contributed by atoms with van der Waals surface area (Å²) >= 11 is 0. The van der Waals surface area contributed by atoms with E-state index in [-0.39, 0.29) is 6.04 Å². The van der Waals surface area contributed by atoms with Crippen molar-refractivity contribution in [1.82, 2.24) is 0 Å². The Hall–Kier alpha value is -1.22. The van der Waals surface area contributed by atoms with Crippen molar-refractivity contribution in [3.63, 3.8) is 0 Å². The maximum Gasteiger partial charge on any atom is 0.161 e. The molecule has 2 N–H and O–H groups in total. The Bertz CT molecular complexity index is 373. The van der Waals surface area contributed by atoms with E-state index in [9.17, 15) is 0 Å². The fourth-order valence-corrected chi connectivity index (χ4v) is 2.58. The summed E-state index contributed by atoms with van der Waals surface area (Å²) in [5.41, 5.74) is 7.56. The van der Waals surface area contributed by atoms with Crippen molar-refractivity contribution in [1.29, 1.82) is 0 Å². The summed E-state index contributed by atoms with van der Waals surface area (Å²) in [7, 11) is 3.30. The second-order valence-electron chi connectivity index (χ2n) is 4.98. The molecule has 0 aliphatic carbocycles. The normalized spacial score (nSPS) is 12.5. The minimum atomic E-state index is 0.0692. The van der Waals surface area contributed by atoms with E-state index in [1.54, 1.807) is 14.2 Å². The van der Waals surface area contributed by atoms with Gasteiger partial charge in [-0.3, -0.25) is 0 Å². The predicted octanol–water partition coefficient (Wildman–Crippen LogP) is 3.92. The van der Waals surface area contributed by atoms with Crippen LogP contribution < -0.4 is 15.2 Å². The summed E-state index contributed by atoms with van der Waals surface area (Å²) in [5.74, 6) is 2.04. The van der Waals surface area contributed by atoms with Gasteiger partial charge in [-0.15, -0.1) is 0 Å². The molecule has 1 unspecified atom stereocenters. The van der Waals surface area contributed by atoms with E-state index in [0.717, 1.165) is 17.1 Å². The molecule has 19 heavy (non-hydrogen) atoms. The van der Waals surface area contributed by atoms with Crippen molar-refractivity contribution in [2.75, 3.05) is 14.2 Å². The molecule has 108 valence electrons. The Morgan fingerprint density at radius 1 is 1.00 bits per heavy atom. The highest BCUT2D eigenvalue weighted by atomic mass is 16.5. The minimum absolute atomic E-state index is 0.0692. The van der Waals surface area contributed by atoms with Gasteiger partial charge in [0, 0.05) is 6.04 Å². The molecule has 0 heterocycles. The lowest BCUT2D eigenvalue weighted by Crippen LogP contribution is -2.21. The molecule has 1 aromatic rings. The second-order valence-corrected chi connectivity index (χ2v) is 4.98. The molecule has 3 heteroatoms. The van der Waals surface area contributed by atoms with Gasteiger partial charge >= 0.3 is 0 Å². The SMILES string of the molecule is CCCC(CCC)C(N)c1ccc(OC)c(OC)c1. The maximum atomic E-state index is 6.43. The predicted molar refractivity (Wildman–Crippen MR) is 79.8 cm³/mol. The first-order chi connectivity index (χ1) is 9.17. The van der Waals surface area contributed by atoms with Crippen molar-refractivity contribution >= 4 is 0 Å². The molecule has 0 saturated carbocycles. The quantitative estimate of drug-likeness (QED) is 0.774. The van der Waals surface area contributed by atoms with E-state index in [0.29, 0.717) is 5.92 Å². The molecule has 0 aromatic heterocycles. The van der Waals surface area contributed by atoms with Crippen LogP contribution >= 0.6 is 0 Å². The number of rotatable bonds is 8. The zero-order chi connectivity index (χ0) is 14.3. The van der Waals surface area contributed by atoms with Gasteiger partial charge in [0.15, 0.2) is 11.5 Å². The lowest BCUT2D eigenvalue weighted by molar-refractivity contribution is 0.348. The topological polar surface area (TPSA) is 44.5 Å². The van der Waals surface area contributed by atoms with Gasteiger partial charge in [0.1, 0.15) is 0 Å². The third kappa shape index (κ3) is 4.13. The maximum absolute atomic E-state index is 6.43. The Labute approximate surface area is 117 Å². The summed E-state index contributed by atoms with van der Waals surface area (Å²) in [6.07, 6.45) is 4.68. The van der Waals surface area contributed by atoms with E-state index in [4.69, 9.17) is 15.2 Å². The number of hydrogen-bond acceptors (Lipinski definition) is 3. The summed E-state index contributed by atoms with van der Waals surface area (Å²) < 4.78 is 10.6. The second kappa shape index (κ2) is 8.05. The highest BCUT2D eigenvalue weighted by Crippen LogP contribution is 2.33. The molecule has 0 radical (unpaired) electrons. The zero-order valence-electron chi connectivity index (χ0n) is 12.6.